The van der Waals surface area contributed by atoms with Crippen LogP contribution >= 0.6 is 22.9 Å². The third kappa shape index (κ3) is 4.82. The fraction of sp³-hybridized carbons (Fsp3) is 0.214. The van der Waals surface area contributed by atoms with Gasteiger partial charge in [0.1, 0.15) is 11.3 Å². The topological polar surface area (TPSA) is 75.9 Å². The summed E-state index contributed by atoms with van der Waals surface area (Å²) in [6, 6.07) is 17.0. The van der Waals surface area contributed by atoms with Crippen LogP contribution in [0, 0.1) is 0 Å². The lowest BCUT2D eigenvalue weighted by molar-refractivity contribution is -0.118. The average molecular weight is 529 g/mol. The zero-order valence-electron chi connectivity index (χ0n) is 20.0. The molecule has 1 fully saturated rings. The second kappa shape index (κ2) is 10.3. The first-order valence-electron chi connectivity index (χ1n) is 12.3. The summed E-state index contributed by atoms with van der Waals surface area (Å²) in [6.45, 7) is 2.10. The van der Waals surface area contributed by atoms with Gasteiger partial charge in [-0.25, -0.2) is 9.97 Å². The molecule has 1 amide bonds. The quantitative estimate of drug-likeness (QED) is 0.275. The van der Waals surface area contributed by atoms with E-state index in [-0.39, 0.29) is 5.91 Å². The van der Waals surface area contributed by atoms with Gasteiger partial charge in [0.05, 0.1) is 5.02 Å². The monoisotopic (exact) mass is 528 g/mol. The molecule has 0 spiro atoms. The Morgan fingerprint density at radius 1 is 1.00 bits per heavy atom. The van der Waals surface area contributed by atoms with Crippen LogP contribution in [0.15, 0.2) is 78.6 Å². The Morgan fingerprint density at radius 2 is 1.84 bits per heavy atom. The third-order valence-electron chi connectivity index (χ3n) is 6.66. The minimum Gasteiger partial charge on any atom is -0.357 e. The molecule has 5 aromatic rings. The van der Waals surface area contributed by atoms with Crippen molar-refractivity contribution in [3.8, 4) is 11.1 Å². The number of aromatic nitrogens is 4. The molecule has 1 saturated heterocycles. The van der Waals surface area contributed by atoms with Gasteiger partial charge in [-0.05, 0) is 37.0 Å². The third-order valence-corrected chi connectivity index (χ3v) is 7.73. The molecule has 1 unspecified atom stereocenters. The summed E-state index contributed by atoms with van der Waals surface area (Å²) >= 11 is 8.27. The standard InChI is InChI=1S/C28H25ClN6OS/c29-24-22(20-10-12-23(31-17-20)34-14-5-2-6-15-34)11-9-21-18-35(33-25(21)24)26(19-7-3-1-4-8-19)27(36)32-28-30-13-16-37-28/h1,3-4,7-13,16-18,26H,2,5-6,14-15H2,(H,30,32,36). The lowest BCUT2D eigenvalue weighted by atomic mass is 10.1. The summed E-state index contributed by atoms with van der Waals surface area (Å²) in [6.07, 6.45) is 9.11. The number of nitrogens with one attached hydrogen (secondary N) is 1. The number of carbonyl (C=O) groups excluding carboxylic acids is 1. The van der Waals surface area contributed by atoms with E-state index in [9.17, 15) is 4.79 Å². The summed E-state index contributed by atoms with van der Waals surface area (Å²) in [4.78, 5) is 24.6. The predicted octanol–water partition coefficient (Wildman–Crippen LogP) is 6.43. The molecule has 0 bridgehead atoms. The number of amides is 1. The van der Waals surface area contributed by atoms with Crippen LogP contribution in [0.25, 0.3) is 22.0 Å². The highest BCUT2D eigenvalue weighted by molar-refractivity contribution is 7.13. The molecule has 6 rings (SSSR count). The molecule has 2 aromatic carbocycles. The van der Waals surface area contributed by atoms with E-state index in [1.165, 1.54) is 30.6 Å². The van der Waals surface area contributed by atoms with Crippen molar-refractivity contribution in [1.29, 1.82) is 0 Å². The van der Waals surface area contributed by atoms with Crippen LogP contribution in [0.3, 0.4) is 0 Å². The number of anilines is 2. The maximum absolute atomic E-state index is 13.4. The zero-order valence-corrected chi connectivity index (χ0v) is 21.6. The van der Waals surface area contributed by atoms with E-state index in [2.05, 4.69) is 27.3 Å². The molecule has 1 atom stereocenters. The first-order valence-corrected chi connectivity index (χ1v) is 13.6. The predicted molar refractivity (Wildman–Crippen MR) is 149 cm³/mol. The van der Waals surface area contributed by atoms with Gasteiger partial charge in [0.15, 0.2) is 11.2 Å². The number of halogens is 1. The molecule has 7 nitrogen and oxygen atoms in total. The number of nitrogens with zero attached hydrogens (tertiary/aromatic N) is 5. The van der Waals surface area contributed by atoms with Crippen LogP contribution in [-0.2, 0) is 4.79 Å². The van der Waals surface area contributed by atoms with Gasteiger partial charge in [-0.2, -0.15) is 5.10 Å². The summed E-state index contributed by atoms with van der Waals surface area (Å²) in [7, 11) is 0. The summed E-state index contributed by atoms with van der Waals surface area (Å²) in [5.41, 5.74) is 3.25. The molecule has 0 radical (unpaired) electrons. The summed E-state index contributed by atoms with van der Waals surface area (Å²) < 4.78 is 1.68. The molecule has 4 heterocycles. The minimum absolute atomic E-state index is 0.220. The number of pyridine rings is 1. The summed E-state index contributed by atoms with van der Waals surface area (Å²) in [5, 5.41) is 11.5. The molecule has 37 heavy (non-hydrogen) atoms. The van der Waals surface area contributed by atoms with E-state index in [1.807, 2.05) is 60.2 Å². The molecule has 0 aliphatic carbocycles. The van der Waals surface area contributed by atoms with E-state index < -0.39 is 6.04 Å². The minimum atomic E-state index is -0.678. The molecule has 0 saturated carbocycles. The Morgan fingerprint density at radius 3 is 2.57 bits per heavy atom. The first kappa shape index (κ1) is 23.6. The molecule has 186 valence electrons. The van der Waals surface area contributed by atoms with Crippen LogP contribution in [0.5, 0.6) is 0 Å². The van der Waals surface area contributed by atoms with Crippen LogP contribution in [0.2, 0.25) is 5.02 Å². The first-order chi connectivity index (χ1) is 18.2. The Hall–Kier alpha value is -3.75. The maximum atomic E-state index is 13.4. The Labute approximate surface area is 223 Å². The highest BCUT2D eigenvalue weighted by atomic mass is 35.5. The molecule has 1 aliphatic rings. The number of piperidine rings is 1. The van der Waals surface area contributed by atoms with E-state index >= 15 is 0 Å². The van der Waals surface area contributed by atoms with Crippen LogP contribution in [0.4, 0.5) is 10.9 Å². The number of fused-ring (bicyclic) bond motifs is 1. The summed E-state index contributed by atoms with van der Waals surface area (Å²) in [5.74, 6) is 0.782. The normalized spacial score (nSPS) is 14.6. The van der Waals surface area contributed by atoms with Gasteiger partial charge in [-0.3, -0.25) is 14.8 Å². The molecule has 9 heteroatoms. The highest BCUT2D eigenvalue weighted by Crippen LogP contribution is 2.35. The van der Waals surface area contributed by atoms with E-state index in [1.54, 1.807) is 10.9 Å². The van der Waals surface area contributed by atoms with Crippen molar-refractivity contribution in [2.45, 2.75) is 25.3 Å². The Kier molecular flexibility index (Phi) is 6.59. The van der Waals surface area contributed by atoms with Gasteiger partial charge in [0.25, 0.3) is 5.91 Å². The van der Waals surface area contributed by atoms with Crippen molar-refractivity contribution in [2.75, 3.05) is 23.3 Å². The van der Waals surface area contributed by atoms with Crippen LogP contribution in [-0.4, -0.2) is 38.7 Å². The molecular formula is C28H25ClN6OS. The van der Waals surface area contributed by atoms with Crippen LogP contribution in [0.1, 0.15) is 30.9 Å². The SMILES string of the molecule is O=C(Nc1nccs1)C(c1ccccc1)n1cc2ccc(-c3ccc(N4CCCCC4)nc3)c(Cl)c2n1. The van der Waals surface area contributed by atoms with Crippen molar-refractivity contribution >= 4 is 50.7 Å². The lowest BCUT2D eigenvalue weighted by Crippen LogP contribution is -2.29. The average Bonchev–Trinajstić information content (AvgIpc) is 3.61. The number of thiazole rings is 1. The number of carbonyl (C=O) groups is 1. The van der Waals surface area contributed by atoms with Gasteiger partial charge in [0, 0.05) is 53.6 Å². The molecule has 1 N–H and O–H groups in total. The van der Waals surface area contributed by atoms with Crippen LogP contribution < -0.4 is 10.2 Å². The van der Waals surface area contributed by atoms with Crippen molar-refractivity contribution in [2.24, 2.45) is 0 Å². The van der Waals surface area contributed by atoms with Gasteiger partial charge in [-0.15, -0.1) is 11.3 Å². The highest BCUT2D eigenvalue weighted by Gasteiger charge is 2.25. The molecular weight excluding hydrogens is 504 g/mol. The number of rotatable bonds is 6. The largest absolute Gasteiger partial charge is 0.357 e. The number of benzene rings is 2. The fourth-order valence-corrected chi connectivity index (χ4v) is 5.65. The second-order valence-electron chi connectivity index (χ2n) is 9.07. The van der Waals surface area contributed by atoms with Gasteiger partial charge in [-0.1, -0.05) is 54.1 Å². The van der Waals surface area contributed by atoms with Gasteiger partial charge < -0.3 is 4.90 Å². The zero-order chi connectivity index (χ0) is 25.2. The molecule has 1 aliphatic heterocycles. The van der Waals surface area contributed by atoms with Crippen molar-refractivity contribution in [3.63, 3.8) is 0 Å². The van der Waals surface area contributed by atoms with Crippen molar-refractivity contribution in [1.82, 2.24) is 19.7 Å². The van der Waals surface area contributed by atoms with Crippen molar-refractivity contribution < 1.29 is 4.79 Å². The molecule has 3 aromatic heterocycles. The fourth-order valence-electron chi connectivity index (χ4n) is 4.80. The smallest absolute Gasteiger partial charge is 0.255 e. The number of hydrogen-bond acceptors (Lipinski definition) is 6. The van der Waals surface area contributed by atoms with Gasteiger partial charge in [0.2, 0.25) is 0 Å². The second-order valence-corrected chi connectivity index (χ2v) is 10.3. The Balaban J connectivity index is 1.34. The Bertz CT molecular complexity index is 1510. The van der Waals surface area contributed by atoms with E-state index in [0.717, 1.165) is 41.0 Å². The maximum Gasteiger partial charge on any atom is 0.255 e. The van der Waals surface area contributed by atoms with Gasteiger partial charge >= 0.3 is 0 Å². The van der Waals surface area contributed by atoms with Crippen molar-refractivity contribution in [3.05, 3.63) is 89.2 Å². The van der Waals surface area contributed by atoms with E-state index in [4.69, 9.17) is 21.7 Å². The lowest BCUT2D eigenvalue weighted by Gasteiger charge is -2.27. The van der Waals surface area contributed by atoms with E-state index in [0.29, 0.717) is 15.7 Å². The number of hydrogen-bond donors (Lipinski definition) is 1.